The van der Waals surface area contributed by atoms with E-state index in [2.05, 4.69) is 21.8 Å². The Morgan fingerprint density at radius 1 is 1.53 bits per heavy atom. The van der Waals surface area contributed by atoms with Crippen molar-refractivity contribution in [3.05, 3.63) is 18.1 Å². The molecule has 1 fully saturated rings. The first kappa shape index (κ1) is 13.7. The van der Waals surface area contributed by atoms with Crippen molar-refractivity contribution < 1.29 is 4.79 Å². The van der Waals surface area contributed by atoms with E-state index in [4.69, 9.17) is 5.73 Å². The molecule has 1 aromatic rings. The van der Waals surface area contributed by atoms with Crippen LogP contribution >= 0.6 is 0 Å². The molecule has 0 bridgehead atoms. The van der Waals surface area contributed by atoms with Gasteiger partial charge in [-0.1, -0.05) is 6.92 Å². The molecule has 2 N–H and O–H groups in total. The van der Waals surface area contributed by atoms with Crippen LogP contribution in [0.15, 0.2) is 12.4 Å². The van der Waals surface area contributed by atoms with Crippen LogP contribution in [0.3, 0.4) is 0 Å². The van der Waals surface area contributed by atoms with Gasteiger partial charge < -0.3 is 10.6 Å². The number of carbonyl (C=O) groups is 1. The van der Waals surface area contributed by atoms with Crippen LogP contribution in [0, 0.1) is 0 Å². The fraction of sp³-hybridized carbons (Fsp3) is 0.615. The van der Waals surface area contributed by atoms with Gasteiger partial charge in [-0.05, 0) is 25.9 Å². The zero-order valence-electron chi connectivity index (χ0n) is 11.5. The van der Waals surface area contributed by atoms with E-state index in [0.717, 1.165) is 26.1 Å². The van der Waals surface area contributed by atoms with Gasteiger partial charge in [0.05, 0.1) is 12.4 Å². The number of anilines is 1. The first-order valence-electron chi connectivity index (χ1n) is 6.69. The highest BCUT2D eigenvalue weighted by atomic mass is 16.2. The summed E-state index contributed by atoms with van der Waals surface area (Å²) in [5, 5.41) is 0. The SMILES string of the molecule is CCN1CCCC1CN(C)C(=O)c1cnc(N)cn1. The Bertz CT molecular complexity index is 433. The number of rotatable bonds is 4. The molecule has 1 aliphatic rings. The molecular weight excluding hydrogens is 242 g/mol. The van der Waals surface area contributed by atoms with Gasteiger partial charge in [0.15, 0.2) is 0 Å². The first-order chi connectivity index (χ1) is 9.11. The van der Waals surface area contributed by atoms with Crippen molar-refractivity contribution in [2.24, 2.45) is 0 Å². The van der Waals surface area contributed by atoms with Crippen LogP contribution in [0.1, 0.15) is 30.3 Å². The van der Waals surface area contributed by atoms with Gasteiger partial charge in [-0.2, -0.15) is 0 Å². The van der Waals surface area contributed by atoms with Crippen molar-refractivity contribution in [3.63, 3.8) is 0 Å². The van der Waals surface area contributed by atoms with Gasteiger partial charge in [0, 0.05) is 19.6 Å². The summed E-state index contributed by atoms with van der Waals surface area (Å²) in [6, 6.07) is 0.459. The summed E-state index contributed by atoms with van der Waals surface area (Å²) < 4.78 is 0. The standard InChI is InChI=1S/C13H21N5O/c1-3-18-6-4-5-10(18)9-17(2)13(19)11-7-16-12(14)8-15-11/h7-8,10H,3-6,9H2,1-2H3,(H2,14,16). The number of nitrogen functional groups attached to an aromatic ring is 1. The molecule has 1 amide bonds. The Kier molecular flexibility index (Phi) is 4.31. The van der Waals surface area contributed by atoms with Crippen molar-refractivity contribution in [2.75, 3.05) is 32.4 Å². The third-order valence-corrected chi connectivity index (χ3v) is 3.63. The van der Waals surface area contributed by atoms with Crippen molar-refractivity contribution in [1.82, 2.24) is 19.8 Å². The van der Waals surface area contributed by atoms with E-state index < -0.39 is 0 Å². The fourth-order valence-electron chi connectivity index (χ4n) is 2.56. The molecule has 1 unspecified atom stereocenters. The lowest BCUT2D eigenvalue weighted by molar-refractivity contribution is 0.0748. The van der Waals surface area contributed by atoms with Gasteiger partial charge in [0.2, 0.25) is 0 Å². The number of nitrogens with zero attached hydrogens (tertiary/aromatic N) is 4. The molecule has 0 radical (unpaired) electrons. The summed E-state index contributed by atoms with van der Waals surface area (Å²) in [5.41, 5.74) is 5.81. The maximum Gasteiger partial charge on any atom is 0.273 e. The van der Waals surface area contributed by atoms with Crippen LogP contribution < -0.4 is 5.73 Å². The lowest BCUT2D eigenvalue weighted by Crippen LogP contribution is -2.41. The molecule has 0 saturated carbocycles. The van der Waals surface area contributed by atoms with E-state index in [0.29, 0.717) is 17.6 Å². The summed E-state index contributed by atoms with van der Waals surface area (Å²) in [4.78, 5) is 24.3. The summed E-state index contributed by atoms with van der Waals surface area (Å²) in [6.45, 7) is 5.06. The Labute approximate surface area is 113 Å². The molecular formula is C13H21N5O. The van der Waals surface area contributed by atoms with E-state index in [1.165, 1.54) is 18.8 Å². The Hall–Kier alpha value is -1.69. The number of nitrogens with two attached hydrogens (primary N) is 1. The third kappa shape index (κ3) is 3.20. The largest absolute Gasteiger partial charge is 0.382 e. The first-order valence-corrected chi connectivity index (χ1v) is 6.69. The summed E-state index contributed by atoms with van der Waals surface area (Å²) in [7, 11) is 1.81. The number of carbonyl (C=O) groups excluding carboxylic acids is 1. The maximum atomic E-state index is 12.2. The monoisotopic (exact) mass is 263 g/mol. The second kappa shape index (κ2) is 5.97. The molecule has 6 nitrogen and oxygen atoms in total. The number of aromatic nitrogens is 2. The molecule has 19 heavy (non-hydrogen) atoms. The number of hydrogen-bond donors (Lipinski definition) is 1. The summed E-state index contributed by atoms with van der Waals surface area (Å²) >= 11 is 0. The minimum absolute atomic E-state index is 0.101. The number of likely N-dealkylation sites (N-methyl/N-ethyl adjacent to an activating group) is 2. The van der Waals surface area contributed by atoms with Gasteiger partial charge in [-0.15, -0.1) is 0 Å². The highest BCUT2D eigenvalue weighted by molar-refractivity contribution is 5.91. The predicted octanol–water partition coefficient (Wildman–Crippen LogP) is 0.615. The molecule has 1 saturated heterocycles. The predicted molar refractivity (Wildman–Crippen MR) is 73.7 cm³/mol. The molecule has 2 rings (SSSR count). The van der Waals surface area contributed by atoms with Crippen molar-refractivity contribution >= 4 is 11.7 Å². The van der Waals surface area contributed by atoms with Gasteiger partial charge in [-0.3, -0.25) is 9.69 Å². The van der Waals surface area contributed by atoms with Gasteiger partial charge in [0.25, 0.3) is 5.91 Å². The van der Waals surface area contributed by atoms with E-state index in [1.54, 1.807) is 4.90 Å². The molecule has 1 aliphatic heterocycles. The molecule has 104 valence electrons. The van der Waals surface area contributed by atoms with E-state index in [1.807, 2.05) is 7.05 Å². The van der Waals surface area contributed by atoms with Crippen LogP contribution in [0.25, 0.3) is 0 Å². The van der Waals surface area contributed by atoms with E-state index in [-0.39, 0.29) is 5.91 Å². The molecule has 1 aromatic heterocycles. The Morgan fingerprint density at radius 3 is 2.95 bits per heavy atom. The summed E-state index contributed by atoms with van der Waals surface area (Å²) in [5.74, 6) is 0.225. The van der Waals surface area contributed by atoms with Crippen molar-refractivity contribution in [2.45, 2.75) is 25.8 Å². The van der Waals surface area contributed by atoms with Crippen LogP contribution in [-0.2, 0) is 0 Å². The van der Waals surface area contributed by atoms with Gasteiger partial charge >= 0.3 is 0 Å². The molecule has 0 spiro atoms. The third-order valence-electron chi connectivity index (χ3n) is 3.63. The Balaban J connectivity index is 1.97. The van der Waals surface area contributed by atoms with Crippen LogP contribution in [0.5, 0.6) is 0 Å². The van der Waals surface area contributed by atoms with Crippen LogP contribution in [0.4, 0.5) is 5.82 Å². The molecule has 0 aromatic carbocycles. The number of likely N-dealkylation sites (tertiary alicyclic amines) is 1. The smallest absolute Gasteiger partial charge is 0.273 e. The van der Waals surface area contributed by atoms with Crippen LogP contribution in [0.2, 0.25) is 0 Å². The van der Waals surface area contributed by atoms with Crippen molar-refractivity contribution in [1.29, 1.82) is 0 Å². The normalized spacial score (nSPS) is 19.6. The van der Waals surface area contributed by atoms with E-state index >= 15 is 0 Å². The van der Waals surface area contributed by atoms with Gasteiger partial charge in [-0.25, -0.2) is 9.97 Å². The van der Waals surface area contributed by atoms with Crippen molar-refractivity contribution in [3.8, 4) is 0 Å². The van der Waals surface area contributed by atoms with Crippen LogP contribution in [-0.4, -0.2) is 58.4 Å². The Morgan fingerprint density at radius 2 is 2.32 bits per heavy atom. The molecule has 1 atom stereocenters. The number of hydrogen-bond acceptors (Lipinski definition) is 5. The highest BCUT2D eigenvalue weighted by Gasteiger charge is 2.26. The minimum atomic E-state index is -0.101. The quantitative estimate of drug-likeness (QED) is 0.861. The second-order valence-electron chi connectivity index (χ2n) is 4.94. The highest BCUT2D eigenvalue weighted by Crippen LogP contribution is 2.17. The molecule has 6 heteroatoms. The average Bonchev–Trinajstić information content (AvgIpc) is 2.86. The topological polar surface area (TPSA) is 75.3 Å². The fourth-order valence-corrected chi connectivity index (χ4v) is 2.56. The lowest BCUT2D eigenvalue weighted by atomic mass is 10.2. The second-order valence-corrected chi connectivity index (χ2v) is 4.94. The average molecular weight is 263 g/mol. The van der Waals surface area contributed by atoms with Gasteiger partial charge in [0.1, 0.15) is 11.5 Å². The number of amides is 1. The minimum Gasteiger partial charge on any atom is -0.382 e. The molecule has 0 aliphatic carbocycles. The van der Waals surface area contributed by atoms with E-state index in [9.17, 15) is 4.79 Å². The lowest BCUT2D eigenvalue weighted by Gasteiger charge is -2.27. The molecule has 2 heterocycles. The maximum absolute atomic E-state index is 12.2. The zero-order chi connectivity index (χ0) is 13.8. The summed E-state index contributed by atoms with van der Waals surface area (Å²) in [6.07, 6.45) is 5.20. The zero-order valence-corrected chi connectivity index (χ0v) is 11.5.